The van der Waals surface area contributed by atoms with Gasteiger partial charge < -0.3 is 14.4 Å². The highest BCUT2D eigenvalue weighted by Crippen LogP contribution is 2.37. The standard InChI is InChI=1S/C16H19NO3/c18-16(12-2-1-3-12)17(13-5-6-13)9-11-4-7-14-15(8-11)20-10-19-14/h4,7-8,12-13H,1-3,5-6,9-10H2. The Labute approximate surface area is 118 Å². The van der Waals surface area contributed by atoms with Gasteiger partial charge in [-0.25, -0.2) is 0 Å². The lowest BCUT2D eigenvalue weighted by Gasteiger charge is -2.32. The zero-order valence-corrected chi connectivity index (χ0v) is 11.5. The van der Waals surface area contributed by atoms with Crippen molar-refractivity contribution in [3.8, 4) is 11.5 Å². The first-order valence-corrected chi connectivity index (χ1v) is 7.50. The normalized spacial score (nSPS) is 20.6. The molecule has 20 heavy (non-hydrogen) atoms. The van der Waals surface area contributed by atoms with Crippen LogP contribution >= 0.6 is 0 Å². The smallest absolute Gasteiger partial charge is 0.231 e. The highest BCUT2D eigenvalue weighted by Gasteiger charge is 2.37. The van der Waals surface area contributed by atoms with E-state index in [2.05, 4.69) is 4.90 Å². The fourth-order valence-electron chi connectivity index (χ4n) is 2.90. The molecule has 3 aliphatic rings. The lowest BCUT2D eigenvalue weighted by atomic mass is 9.84. The number of benzene rings is 1. The van der Waals surface area contributed by atoms with E-state index in [4.69, 9.17) is 9.47 Å². The minimum Gasteiger partial charge on any atom is -0.454 e. The Morgan fingerprint density at radius 2 is 1.95 bits per heavy atom. The minimum absolute atomic E-state index is 0.282. The van der Waals surface area contributed by atoms with Crippen molar-refractivity contribution in [1.29, 1.82) is 0 Å². The van der Waals surface area contributed by atoms with Crippen molar-refractivity contribution in [2.45, 2.75) is 44.7 Å². The summed E-state index contributed by atoms with van der Waals surface area (Å²) in [4.78, 5) is 14.6. The lowest BCUT2D eigenvalue weighted by Crippen LogP contribution is -2.39. The second-order valence-corrected chi connectivity index (χ2v) is 6.01. The van der Waals surface area contributed by atoms with Crippen molar-refractivity contribution in [1.82, 2.24) is 4.90 Å². The molecule has 4 nitrogen and oxygen atoms in total. The van der Waals surface area contributed by atoms with Crippen LogP contribution in [0.3, 0.4) is 0 Å². The molecule has 0 spiro atoms. The average Bonchev–Trinajstić information content (AvgIpc) is 3.11. The number of hydrogen-bond acceptors (Lipinski definition) is 3. The highest BCUT2D eigenvalue weighted by atomic mass is 16.7. The van der Waals surface area contributed by atoms with Crippen LogP contribution in [0.15, 0.2) is 18.2 Å². The van der Waals surface area contributed by atoms with E-state index in [1.54, 1.807) is 0 Å². The molecule has 0 saturated heterocycles. The van der Waals surface area contributed by atoms with E-state index >= 15 is 0 Å². The first kappa shape index (κ1) is 12.1. The minimum atomic E-state index is 0.282. The number of rotatable bonds is 4. The second kappa shape index (κ2) is 4.69. The molecule has 2 saturated carbocycles. The summed E-state index contributed by atoms with van der Waals surface area (Å²) in [5, 5.41) is 0. The molecule has 0 unspecified atom stereocenters. The average molecular weight is 273 g/mol. The van der Waals surface area contributed by atoms with Crippen LogP contribution < -0.4 is 9.47 Å². The fourth-order valence-corrected chi connectivity index (χ4v) is 2.90. The molecule has 4 rings (SSSR count). The van der Waals surface area contributed by atoms with Gasteiger partial charge in [-0.3, -0.25) is 4.79 Å². The summed E-state index contributed by atoms with van der Waals surface area (Å²) in [5.41, 5.74) is 1.13. The molecule has 0 atom stereocenters. The summed E-state index contributed by atoms with van der Waals surface area (Å²) in [6.07, 6.45) is 5.66. The summed E-state index contributed by atoms with van der Waals surface area (Å²) in [6.45, 7) is 1.00. The van der Waals surface area contributed by atoms with Gasteiger partial charge in [0.1, 0.15) is 0 Å². The number of nitrogens with zero attached hydrogens (tertiary/aromatic N) is 1. The zero-order chi connectivity index (χ0) is 13.5. The van der Waals surface area contributed by atoms with Gasteiger partial charge in [0.25, 0.3) is 0 Å². The van der Waals surface area contributed by atoms with Gasteiger partial charge in [-0.1, -0.05) is 12.5 Å². The summed E-state index contributed by atoms with van der Waals surface area (Å²) < 4.78 is 10.7. The Hall–Kier alpha value is -1.71. The molecule has 0 bridgehead atoms. The van der Waals surface area contributed by atoms with Crippen molar-refractivity contribution < 1.29 is 14.3 Å². The molecule has 2 fully saturated rings. The molecule has 0 aromatic heterocycles. The predicted octanol–water partition coefficient (Wildman–Crippen LogP) is 2.71. The van der Waals surface area contributed by atoms with Gasteiger partial charge in [0.2, 0.25) is 12.7 Å². The first-order valence-electron chi connectivity index (χ1n) is 7.50. The number of ether oxygens (including phenoxy) is 2. The molecule has 1 heterocycles. The van der Waals surface area contributed by atoms with Gasteiger partial charge in [-0.15, -0.1) is 0 Å². The number of carbonyl (C=O) groups excluding carboxylic acids is 1. The van der Waals surface area contributed by atoms with Crippen LogP contribution in [0.4, 0.5) is 0 Å². The predicted molar refractivity (Wildman–Crippen MR) is 73.5 cm³/mol. The van der Waals surface area contributed by atoms with Crippen molar-refractivity contribution >= 4 is 5.91 Å². The van der Waals surface area contributed by atoms with Gasteiger partial charge in [-0.2, -0.15) is 0 Å². The van der Waals surface area contributed by atoms with E-state index in [9.17, 15) is 4.79 Å². The van der Waals surface area contributed by atoms with Gasteiger partial charge in [-0.05, 0) is 43.4 Å². The lowest BCUT2D eigenvalue weighted by molar-refractivity contribution is -0.139. The molecule has 2 aliphatic carbocycles. The Morgan fingerprint density at radius 3 is 2.65 bits per heavy atom. The quantitative estimate of drug-likeness (QED) is 0.846. The van der Waals surface area contributed by atoms with E-state index < -0.39 is 0 Å². The molecule has 4 heteroatoms. The van der Waals surface area contributed by atoms with E-state index in [-0.39, 0.29) is 5.92 Å². The van der Waals surface area contributed by atoms with Crippen LogP contribution in [0.5, 0.6) is 11.5 Å². The van der Waals surface area contributed by atoms with Crippen LogP contribution in [0.1, 0.15) is 37.7 Å². The summed E-state index contributed by atoms with van der Waals surface area (Å²) in [5.74, 6) is 2.24. The van der Waals surface area contributed by atoms with Crippen LogP contribution in [0, 0.1) is 5.92 Å². The van der Waals surface area contributed by atoms with E-state index in [1.165, 1.54) is 6.42 Å². The molecule has 1 aliphatic heterocycles. The maximum atomic E-state index is 12.5. The third-order valence-electron chi connectivity index (χ3n) is 4.52. The van der Waals surface area contributed by atoms with Crippen molar-refractivity contribution in [3.63, 3.8) is 0 Å². The molecule has 0 N–H and O–H groups in total. The van der Waals surface area contributed by atoms with E-state index in [0.29, 0.717) is 25.3 Å². The Kier molecular flexibility index (Phi) is 2.83. The van der Waals surface area contributed by atoms with Crippen molar-refractivity contribution in [3.05, 3.63) is 23.8 Å². The second-order valence-electron chi connectivity index (χ2n) is 6.01. The van der Waals surface area contributed by atoms with Gasteiger partial charge >= 0.3 is 0 Å². The van der Waals surface area contributed by atoms with Crippen LogP contribution in [0.25, 0.3) is 0 Å². The van der Waals surface area contributed by atoms with Crippen LogP contribution in [-0.2, 0) is 11.3 Å². The molecular weight excluding hydrogens is 254 g/mol. The maximum absolute atomic E-state index is 12.5. The molecule has 1 aromatic carbocycles. The van der Waals surface area contributed by atoms with Crippen LogP contribution in [0.2, 0.25) is 0 Å². The molecule has 1 amide bonds. The Bertz CT molecular complexity index is 535. The van der Waals surface area contributed by atoms with Crippen LogP contribution in [-0.4, -0.2) is 23.6 Å². The molecule has 1 aromatic rings. The Morgan fingerprint density at radius 1 is 1.15 bits per heavy atom. The number of fused-ring (bicyclic) bond motifs is 1. The Balaban J connectivity index is 1.51. The number of carbonyl (C=O) groups is 1. The summed E-state index contributed by atoms with van der Waals surface area (Å²) >= 11 is 0. The molecule has 106 valence electrons. The van der Waals surface area contributed by atoms with Gasteiger partial charge in [0, 0.05) is 18.5 Å². The molecular formula is C16H19NO3. The van der Waals surface area contributed by atoms with Crippen molar-refractivity contribution in [2.75, 3.05) is 6.79 Å². The fraction of sp³-hybridized carbons (Fsp3) is 0.562. The summed E-state index contributed by atoms with van der Waals surface area (Å²) in [6, 6.07) is 6.45. The highest BCUT2D eigenvalue weighted by molar-refractivity contribution is 5.80. The topological polar surface area (TPSA) is 38.8 Å². The van der Waals surface area contributed by atoms with E-state index in [1.807, 2.05) is 18.2 Å². The largest absolute Gasteiger partial charge is 0.454 e. The third kappa shape index (κ3) is 2.13. The zero-order valence-electron chi connectivity index (χ0n) is 11.5. The third-order valence-corrected chi connectivity index (χ3v) is 4.52. The molecule has 0 radical (unpaired) electrons. The van der Waals surface area contributed by atoms with Gasteiger partial charge in [0.05, 0.1) is 0 Å². The number of hydrogen-bond donors (Lipinski definition) is 0. The van der Waals surface area contributed by atoms with Crippen molar-refractivity contribution in [2.24, 2.45) is 5.92 Å². The monoisotopic (exact) mass is 273 g/mol. The number of amides is 1. The SMILES string of the molecule is O=C(C1CCC1)N(Cc1ccc2c(c1)OCO2)C1CC1. The van der Waals surface area contributed by atoms with E-state index in [0.717, 1.165) is 42.7 Å². The van der Waals surface area contributed by atoms with Gasteiger partial charge in [0.15, 0.2) is 11.5 Å². The first-order chi connectivity index (χ1) is 9.81. The summed E-state index contributed by atoms with van der Waals surface area (Å²) in [7, 11) is 0. The maximum Gasteiger partial charge on any atom is 0.231 e.